The first kappa shape index (κ1) is 34.4. The van der Waals surface area contributed by atoms with Gasteiger partial charge < -0.3 is 9.64 Å². The molecule has 12 rings (SSSR count). The quantitative estimate of drug-likeness (QED) is 0.156. The molecular formula is C58H39NO. The Bertz CT molecular complexity index is 3350. The summed E-state index contributed by atoms with van der Waals surface area (Å²) in [4.78, 5) is 2.45. The largest absolute Gasteiger partial charge is 0.485 e. The highest BCUT2D eigenvalue weighted by molar-refractivity contribution is 6.13. The third-order valence-electron chi connectivity index (χ3n) is 12.6. The van der Waals surface area contributed by atoms with Gasteiger partial charge in [-0.3, -0.25) is 0 Å². The number of para-hydroxylation sites is 1. The average Bonchev–Trinajstić information content (AvgIpc) is 3.67. The van der Waals surface area contributed by atoms with E-state index in [9.17, 15) is 0 Å². The number of rotatable bonds is 6. The van der Waals surface area contributed by atoms with Crippen LogP contribution in [0.2, 0.25) is 0 Å². The van der Waals surface area contributed by atoms with Gasteiger partial charge in [-0.05, 0) is 108 Å². The molecule has 2 atom stereocenters. The Morgan fingerprint density at radius 1 is 0.400 bits per heavy atom. The highest BCUT2D eigenvalue weighted by Crippen LogP contribution is 2.48. The Balaban J connectivity index is 0.971. The summed E-state index contributed by atoms with van der Waals surface area (Å²) < 4.78 is 6.55. The summed E-state index contributed by atoms with van der Waals surface area (Å²) in [5.41, 5.74) is 11.8. The lowest BCUT2D eigenvalue weighted by atomic mass is 9.85. The van der Waals surface area contributed by atoms with Crippen molar-refractivity contribution < 1.29 is 4.74 Å². The van der Waals surface area contributed by atoms with E-state index < -0.39 is 0 Å². The van der Waals surface area contributed by atoms with Crippen LogP contribution < -0.4 is 9.64 Å². The maximum absolute atomic E-state index is 6.55. The van der Waals surface area contributed by atoms with Crippen LogP contribution in [-0.4, -0.2) is 6.10 Å². The van der Waals surface area contributed by atoms with Gasteiger partial charge in [-0.15, -0.1) is 0 Å². The molecule has 0 bridgehead atoms. The van der Waals surface area contributed by atoms with Crippen molar-refractivity contribution in [2.75, 3.05) is 4.90 Å². The molecule has 0 N–H and O–H groups in total. The summed E-state index contributed by atoms with van der Waals surface area (Å²) in [6.07, 6.45) is 6.90. The minimum absolute atomic E-state index is 0.0242. The molecule has 1 heterocycles. The van der Waals surface area contributed by atoms with Crippen LogP contribution in [0.3, 0.4) is 0 Å². The monoisotopic (exact) mass is 765 g/mol. The van der Waals surface area contributed by atoms with Crippen LogP contribution in [-0.2, 0) is 0 Å². The molecule has 282 valence electrons. The van der Waals surface area contributed by atoms with Crippen LogP contribution >= 0.6 is 0 Å². The molecule has 10 aromatic carbocycles. The number of ether oxygens (including phenoxy) is 1. The first-order valence-electron chi connectivity index (χ1n) is 20.8. The summed E-state index contributed by atoms with van der Waals surface area (Å²) in [6.45, 7) is 0. The summed E-state index contributed by atoms with van der Waals surface area (Å²) >= 11 is 0. The molecule has 0 radical (unpaired) electrons. The second kappa shape index (κ2) is 14.0. The Morgan fingerprint density at radius 3 is 1.80 bits per heavy atom. The zero-order valence-electron chi connectivity index (χ0n) is 32.9. The van der Waals surface area contributed by atoms with Crippen molar-refractivity contribution in [2.45, 2.75) is 12.0 Å². The van der Waals surface area contributed by atoms with Crippen LogP contribution in [0.5, 0.6) is 5.75 Å². The molecule has 2 heteroatoms. The predicted octanol–water partition coefficient (Wildman–Crippen LogP) is 15.6. The number of nitrogens with zero attached hydrogens (tertiary/aromatic N) is 1. The number of anilines is 3. The molecular weight excluding hydrogens is 727 g/mol. The van der Waals surface area contributed by atoms with Crippen LogP contribution in [0.4, 0.5) is 17.1 Å². The van der Waals surface area contributed by atoms with Gasteiger partial charge in [0.25, 0.3) is 0 Å². The zero-order valence-corrected chi connectivity index (χ0v) is 32.9. The van der Waals surface area contributed by atoms with Gasteiger partial charge in [-0.2, -0.15) is 0 Å². The van der Waals surface area contributed by atoms with Gasteiger partial charge in [0.15, 0.2) is 0 Å². The second-order valence-electron chi connectivity index (χ2n) is 16.0. The molecule has 60 heavy (non-hydrogen) atoms. The van der Waals surface area contributed by atoms with E-state index in [1.165, 1.54) is 82.0 Å². The Labute approximate surface area is 349 Å². The molecule has 2 unspecified atom stereocenters. The smallest absolute Gasteiger partial charge is 0.128 e. The van der Waals surface area contributed by atoms with Gasteiger partial charge in [0.1, 0.15) is 11.9 Å². The van der Waals surface area contributed by atoms with Crippen molar-refractivity contribution >= 4 is 65.7 Å². The third kappa shape index (κ3) is 5.72. The molecule has 10 aromatic rings. The van der Waals surface area contributed by atoms with E-state index in [2.05, 4.69) is 229 Å². The lowest BCUT2D eigenvalue weighted by Gasteiger charge is -2.30. The third-order valence-corrected chi connectivity index (χ3v) is 12.6. The molecule has 1 aliphatic carbocycles. The number of benzene rings is 10. The van der Waals surface area contributed by atoms with Crippen LogP contribution in [0, 0.1) is 0 Å². The van der Waals surface area contributed by atoms with E-state index in [-0.39, 0.29) is 12.0 Å². The molecule has 0 fully saturated rings. The first-order valence-corrected chi connectivity index (χ1v) is 20.8. The minimum Gasteiger partial charge on any atom is -0.485 e. The van der Waals surface area contributed by atoms with Crippen molar-refractivity contribution in [3.8, 4) is 28.0 Å². The Hall–Kier alpha value is -7.68. The normalized spacial score (nSPS) is 15.5. The summed E-state index contributed by atoms with van der Waals surface area (Å²) in [6, 6.07) is 75.1. The molecule has 0 amide bonds. The van der Waals surface area contributed by atoms with Gasteiger partial charge in [0, 0.05) is 28.1 Å². The van der Waals surface area contributed by atoms with Crippen molar-refractivity contribution in [3.63, 3.8) is 0 Å². The maximum Gasteiger partial charge on any atom is 0.128 e. The lowest BCUT2D eigenvalue weighted by Crippen LogP contribution is -2.18. The van der Waals surface area contributed by atoms with Gasteiger partial charge in [0.2, 0.25) is 0 Å². The summed E-state index contributed by atoms with van der Waals surface area (Å²) in [7, 11) is 0. The highest BCUT2D eigenvalue weighted by Gasteiger charge is 2.34. The second-order valence-corrected chi connectivity index (χ2v) is 16.0. The molecule has 2 aliphatic rings. The van der Waals surface area contributed by atoms with E-state index in [4.69, 9.17) is 4.74 Å². The number of fused-ring (bicyclic) bond motifs is 8. The van der Waals surface area contributed by atoms with Gasteiger partial charge >= 0.3 is 0 Å². The van der Waals surface area contributed by atoms with E-state index in [0.717, 1.165) is 22.8 Å². The number of hydrogen-bond donors (Lipinski definition) is 0. The zero-order chi connectivity index (χ0) is 39.6. The predicted molar refractivity (Wildman–Crippen MR) is 253 cm³/mol. The van der Waals surface area contributed by atoms with Crippen LogP contribution in [0.1, 0.15) is 17.0 Å². The van der Waals surface area contributed by atoms with E-state index in [0.29, 0.717) is 0 Å². The van der Waals surface area contributed by atoms with Gasteiger partial charge in [-0.25, -0.2) is 0 Å². The molecule has 0 spiro atoms. The maximum atomic E-state index is 6.55. The summed E-state index contributed by atoms with van der Waals surface area (Å²) in [5, 5.41) is 9.91. The standard InChI is InChI=1S/C58H39NO/c1-2-14-44-37-58-54(35-43(44)13-1)53-36-45(30-34-57(53)60-58)50-18-7-8-21-55(50)59(56-22-10-20-51-49-17-6-4-12-41(49)29-33-52(51)56)46-31-27-39(28-32-46)38-23-25-42(26-24-38)48-19-9-15-40-11-3-5-16-47(40)48/h1-37,53,57H. The van der Waals surface area contributed by atoms with E-state index in [1.54, 1.807) is 0 Å². The van der Waals surface area contributed by atoms with Crippen LogP contribution in [0.25, 0.3) is 70.9 Å². The topological polar surface area (TPSA) is 12.5 Å². The molecule has 0 saturated heterocycles. The van der Waals surface area contributed by atoms with Crippen molar-refractivity contribution in [1.82, 2.24) is 0 Å². The SMILES string of the molecule is C1=CC2Oc3cc4ccccc4cc3C2C=C1c1ccccc1N(c1ccc(-c2ccc(-c3cccc4ccccc34)cc2)cc1)c1cccc2c1ccc1ccccc12. The van der Waals surface area contributed by atoms with Gasteiger partial charge in [-0.1, -0.05) is 182 Å². The Kier molecular flexibility index (Phi) is 8.02. The van der Waals surface area contributed by atoms with Crippen molar-refractivity contribution in [2.24, 2.45) is 0 Å². The Morgan fingerprint density at radius 2 is 0.983 bits per heavy atom. The van der Waals surface area contributed by atoms with Crippen molar-refractivity contribution in [3.05, 3.63) is 236 Å². The fourth-order valence-corrected chi connectivity index (χ4v) is 9.63. The molecule has 1 aliphatic heterocycles. The van der Waals surface area contributed by atoms with Crippen molar-refractivity contribution in [1.29, 1.82) is 0 Å². The fraction of sp³-hybridized carbons (Fsp3) is 0.0345. The minimum atomic E-state index is -0.0242. The summed E-state index contributed by atoms with van der Waals surface area (Å²) in [5.74, 6) is 1.10. The molecule has 0 saturated carbocycles. The number of hydrogen-bond acceptors (Lipinski definition) is 2. The highest BCUT2D eigenvalue weighted by atomic mass is 16.5. The van der Waals surface area contributed by atoms with E-state index >= 15 is 0 Å². The molecule has 2 nitrogen and oxygen atoms in total. The average molecular weight is 766 g/mol. The van der Waals surface area contributed by atoms with Gasteiger partial charge in [0.05, 0.1) is 11.4 Å². The number of allylic oxidation sites excluding steroid dienone is 2. The van der Waals surface area contributed by atoms with E-state index in [1.807, 2.05) is 0 Å². The van der Waals surface area contributed by atoms with Crippen LogP contribution in [0.15, 0.2) is 224 Å². The fourth-order valence-electron chi connectivity index (χ4n) is 9.63. The first-order chi connectivity index (χ1) is 29.7. The lowest BCUT2D eigenvalue weighted by molar-refractivity contribution is 0.269. The molecule has 0 aromatic heterocycles.